The van der Waals surface area contributed by atoms with Crippen molar-refractivity contribution in [2.75, 3.05) is 13.7 Å². The molecule has 1 heterocycles. The Morgan fingerprint density at radius 3 is 2.71 bits per heavy atom. The van der Waals surface area contributed by atoms with Gasteiger partial charge in [-0.15, -0.1) is 0 Å². The van der Waals surface area contributed by atoms with Crippen molar-refractivity contribution in [2.45, 2.75) is 23.5 Å². The molecule has 2 N–H and O–H groups in total. The first kappa shape index (κ1) is 15.6. The average Bonchev–Trinajstić information content (AvgIpc) is 2.82. The SMILES string of the molecule is COc1cc(S(=O)(=O)N2C[C@H](F)C[C@H]2C(N)=O)ccc1F. The predicted octanol–water partition coefficient (Wildman–Crippen LogP) is 0.421. The van der Waals surface area contributed by atoms with E-state index >= 15 is 0 Å². The van der Waals surface area contributed by atoms with Crippen LogP contribution in [0.1, 0.15) is 6.42 Å². The molecule has 2 atom stereocenters. The molecule has 21 heavy (non-hydrogen) atoms. The van der Waals surface area contributed by atoms with Gasteiger partial charge in [0, 0.05) is 19.0 Å². The van der Waals surface area contributed by atoms with Gasteiger partial charge in [-0.3, -0.25) is 4.79 Å². The molecule has 116 valence electrons. The number of carbonyl (C=O) groups excluding carboxylic acids is 1. The van der Waals surface area contributed by atoms with E-state index in [1.165, 1.54) is 7.11 Å². The number of primary amides is 1. The van der Waals surface area contributed by atoms with E-state index in [0.717, 1.165) is 18.2 Å². The summed E-state index contributed by atoms with van der Waals surface area (Å²) in [6, 6.07) is 1.68. The average molecular weight is 320 g/mol. The largest absolute Gasteiger partial charge is 0.494 e. The van der Waals surface area contributed by atoms with Crippen molar-refractivity contribution in [1.29, 1.82) is 0 Å². The fourth-order valence-corrected chi connectivity index (χ4v) is 3.87. The summed E-state index contributed by atoms with van der Waals surface area (Å²) in [5.74, 6) is -1.91. The molecule has 0 aliphatic carbocycles. The third-order valence-electron chi connectivity index (χ3n) is 3.26. The van der Waals surface area contributed by atoms with Gasteiger partial charge in [0.2, 0.25) is 15.9 Å². The van der Waals surface area contributed by atoms with Crippen LogP contribution in [-0.2, 0) is 14.8 Å². The Kier molecular flexibility index (Phi) is 4.15. The summed E-state index contributed by atoms with van der Waals surface area (Å²) >= 11 is 0. The Hall–Kier alpha value is -1.74. The summed E-state index contributed by atoms with van der Waals surface area (Å²) in [6.45, 7) is -0.463. The van der Waals surface area contributed by atoms with Gasteiger partial charge < -0.3 is 10.5 Å². The first-order chi connectivity index (χ1) is 9.77. The molecule has 0 spiro atoms. The minimum Gasteiger partial charge on any atom is -0.494 e. The molecule has 1 amide bonds. The second-order valence-corrected chi connectivity index (χ2v) is 6.51. The normalized spacial score (nSPS) is 23.2. The Morgan fingerprint density at radius 1 is 1.48 bits per heavy atom. The smallest absolute Gasteiger partial charge is 0.244 e. The molecule has 0 radical (unpaired) electrons. The zero-order valence-electron chi connectivity index (χ0n) is 11.1. The van der Waals surface area contributed by atoms with Crippen LogP contribution in [0.2, 0.25) is 0 Å². The summed E-state index contributed by atoms with van der Waals surface area (Å²) in [7, 11) is -2.98. The van der Waals surface area contributed by atoms with Crippen LogP contribution >= 0.6 is 0 Å². The Bertz CT molecular complexity index is 665. The Balaban J connectivity index is 2.44. The number of nitrogens with two attached hydrogens (primary N) is 1. The van der Waals surface area contributed by atoms with Gasteiger partial charge in [0.05, 0.1) is 12.0 Å². The van der Waals surface area contributed by atoms with Crippen LogP contribution in [0.15, 0.2) is 23.1 Å². The standard InChI is InChI=1S/C12H14F2N2O4S/c1-20-11-5-8(2-3-9(11)14)21(18,19)16-6-7(13)4-10(16)12(15)17/h2-3,5,7,10H,4,6H2,1H3,(H2,15,17)/t7-,10+/m1/s1. The number of ether oxygens (including phenoxy) is 1. The first-order valence-electron chi connectivity index (χ1n) is 6.06. The summed E-state index contributed by atoms with van der Waals surface area (Å²) in [6.07, 6.45) is -1.76. The van der Waals surface area contributed by atoms with E-state index in [1.807, 2.05) is 0 Å². The number of benzene rings is 1. The van der Waals surface area contributed by atoms with Gasteiger partial charge in [-0.2, -0.15) is 4.31 Å². The zero-order valence-corrected chi connectivity index (χ0v) is 11.9. The molecule has 1 aliphatic rings. The monoisotopic (exact) mass is 320 g/mol. The number of carbonyl (C=O) groups is 1. The lowest BCUT2D eigenvalue weighted by atomic mass is 10.2. The topological polar surface area (TPSA) is 89.7 Å². The Morgan fingerprint density at radius 2 is 2.14 bits per heavy atom. The summed E-state index contributed by atoms with van der Waals surface area (Å²) in [4.78, 5) is 11.0. The lowest BCUT2D eigenvalue weighted by molar-refractivity contribution is -0.121. The highest BCUT2D eigenvalue weighted by molar-refractivity contribution is 7.89. The number of amides is 1. The maximum atomic E-state index is 13.4. The van der Waals surface area contributed by atoms with Gasteiger partial charge in [-0.25, -0.2) is 17.2 Å². The van der Waals surface area contributed by atoms with Crippen LogP contribution in [-0.4, -0.2) is 44.5 Å². The van der Waals surface area contributed by atoms with Gasteiger partial charge in [0.25, 0.3) is 0 Å². The minimum absolute atomic E-state index is 0.261. The van der Waals surface area contributed by atoms with Gasteiger partial charge in [-0.1, -0.05) is 0 Å². The molecule has 9 heteroatoms. The maximum absolute atomic E-state index is 13.4. The van der Waals surface area contributed by atoms with E-state index < -0.39 is 40.5 Å². The van der Waals surface area contributed by atoms with Crippen LogP contribution < -0.4 is 10.5 Å². The van der Waals surface area contributed by atoms with Crippen LogP contribution in [0.5, 0.6) is 5.75 Å². The molecule has 2 rings (SSSR count). The molecule has 0 saturated carbocycles. The minimum atomic E-state index is -4.17. The van der Waals surface area contributed by atoms with Crippen molar-refractivity contribution in [3.8, 4) is 5.75 Å². The number of alkyl halides is 1. The number of methoxy groups -OCH3 is 1. The van der Waals surface area contributed by atoms with Crippen LogP contribution in [0.25, 0.3) is 0 Å². The number of nitrogens with zero attached hydrogens (tertiary/aromatic N) is 1. The third-order valence-corrected chi connectivity index (χ3v) is 5.13. The molecular weight excluding hydrogens is 306 g/mol. The molecule has 1 aromatic carbocycles. The van der Waals surface area contributed by atoms with Crippen molar-refractivity contribution >= 4 is 15.9 Å². The molecule has 1 aromatic rings. The van der Waals surface area contributed by atoms with E-state index in [9.17, 15) is 22.0 Å². The van der Waals surface area contributed by atoms with Crippen LogP contribution in [0.4, 0.5) is 8.78 Å². The summed E-state index contributed by atoms with van der Waals surface area (Å²) < 4.78 is 57.1. The van der Waals surface area contributed by atoms with Crippen molar-refractivity contribution in [3.63, 3.8) is 0 Å². The van der Waals surface area contributed by atoms with Gasteiger partial charge in [0.1, 0.15) is 12.2 Å². The number of halogens is 2. The van der Waals surface area contributed by atoms with Crippen LogP contribution in [0.3, 0.4) is 0 Å². The van der Waals surface area contributed by atoms with Gasteiger partial charge >= 0.3 is 0 Å². The van der Waals surface area contributed by atoms with E-state index in [4.69, 9.17) is 10.5 Å². The molecule has 6 nitrogen and oxygen atoms in total. The van der Waals surface area contributed by atoms with E-state index in [-0.39, 0.29) is 17.1 Å². The lowest BCUT2D eigenvalue weighted by Gasteiger charge is -2.21. The fourth-order valence-electron chi connectivity index (χ4n) is 2.22. The second kappa shape index (κ2) is 5.57. The summed E-state index contributed by atoms with van der Waals surface area (Å²) in [5, 5.41) is 0. The first-order valence-corrected chi connectivity index (χ1v) is 7.50. The highest BCUT2D eigenvalue weighted by Gasteiger charge is 2.43. The Labute approximate surface area is 120 Å². The van der Waals surface area contributed by atoms with Crippen molar-refractivity contribution in [2.24, 2.45) is 5.73 Å². The van der Waals surface area contributed by atoms with Crippen molar-refractivity contribution < 1.29 is 26.7 Å². The highest BCUT2D eigenvalue weighted by atomic mass is 32.2. The molecular formula is C12H14F2N2O4S. The van der Waals surface area contributed by atoms with E-state index in [2.05, 4.69) is 0 Å². The number of sulfonamides is 1. The lowest BCUT2D eigenvalue weighted by Crippen LogP contribution is -2.43. The van der Waals surface area contributed by atoms with Gasteiger partial charge in [0.15, 0.2) is 11.6 Å². The molecule has 1 fully saturated rings. The van der Waals surface area contributed by atoms with Gasteiger partial charge in [-0.05, 0) is 12.1 Å². The number of hydrogen-bond acceptors (Lipinski definition) is 4. The van der Waals surface area contributed by atoms with Crippen LogP contribution in [0, 0.1) is 5.82 Å². The number of hydrogen-bond donors (Lipinski definition) is 1. The molecule has 0 aromatic heterocycles. The molecule has 0 bridgehead atoms. The third kappa shape index (κ3) is 2.84. The fraction of sp³-hybridized carbons (Fsp3) is 0.417. The molecule has 1 saturated heterocycles. The van der Waals surface area contributed by atoms with E-state index in [0.29, 0.717) is 4.31 Å². The van der Waals surface area contributed by atoms with Crippen molar-refractivity contribution in [1.82, 2.24) is 4.31 Å². The second-order valence-electron chi connectivity index (χ2n) is 4.62. The predicted molar refractivity (Wildman–Crippen MR) is 69.3 cm³/mol. The number of rotatable bonds is 4. The van der Waals surface area contributed by atoms with E-state index in [1.54, 1.807) is 0 Å². The zero-order chi connectivity index (χ0) is 15.8. The summed E-state index contributed by atoms with van der Waals surface area (Å²) in [5.41, 5.74) is 5.11. The maximum Gasteiger partial charge on any atom is 0.244 e. The highest BCUT2D eigenvalue weighted by Crippen LogP contribution is 2.30. The van der Waals surface area contributed by atoms with Crippen molar-refractivity contribution in [3.05, 3.63) is 24.0 Å². The quantitative estimate of drug-likeness (QED) is 0.870. The molecule has 0 unspecified atom stereocenters. The molecule has 1 aliphatic heterocycles.